The van der Waals surface area contributed by atoms with Crippen LogP contribution >= 0.6 is 11.6 Å². The molecule has 2 heterocycles. The first-order valence-corrected chi connectivity index (χ1v) is 9.69. The first-order valence-electron chi connectivity index (χ1n) is 9.31. The summed E-state index contributed by atoms with van der Waals surface area (Å²) in [5.74, 6) is 1.47. The molecule has 0 saturated carbocycles. The number of benzene rings is 2. The number of ether oxygens (including phenoxy) is 1. The van der Waals surface area contributed by atoms with E-state index in [9.17, 15) is 4.79 Å². The number of rotatable bonds is 4. The lowest BCUT2D eigenvalue weighted by Crippen LogP contribution is -2.38. The zero-order chi connectivity index (χ0) is 18.8. The Bertz CT molecular complexity index is 941. The molecule has 1 fully saturated rings. The Morgan fingerprint density at radius 1 is 1.19 bits per heavy atom. The maximum atomic E-state index is 12.6. The Balaban J connectivity index is 1.39. The van der Waals surface area contributed by atoms with Crippen molar-refractivity contribution in [1.29, 1.82) is 0 Å². The molecule has 0 spiro atoms. The van der Waals surface area contributed by atoms with Gasteiger partial charge in [-0.3, -0.25) is 4.79 Å². The molecular weight excluding hydrogens is 360 g/mol. The zero-order valence-corrected chi connectivity index (χ0v) is 16.1. The Kier molecular flexibility index (Phi) is 5.08. The van der Waals surface area contributed by atoms with Crippen molar-refractivity contribution in [1.82, 2.24) is 9.88 Å². The first-order chi connectivity index (χ1) is 13.1. The number of nitrogens with one attached hydrogen (secondary N) is 1. The van der Waals surface area contributed by atoms with Crippen molar-refractivity contribution in [2.24, 2.45) is 0 Å². The highest BCUT2D eigenvalue weighted by molar-refractivity contribution is 6.31. The van der Waals surface area contributed by atoms with E-state index in [1.165, 1.54) is 10.9 Å². The van der Waals surface area contributed by atoms with Crippen molar-refractivity contribution in [3.8, 4) is 5.75 Å². The van der Waals surface area contributed by atoms with Crippen LogP contribution in [0.1, 0.15) is 29.9 Å². The SMILES string of the molecule is COc1ccc(CC(=O)N2CCC(c3c[nH]c4ccc(Cl)cc34)CC2)cc1. The van der Waals surface area contributed by atoms with E-state index >= 15 is 0 Å². The quantitative estimate of drug-likeness (QED) is 0.705. The van der Waals surface area contributed by atoms with Crippen molar-refractivity contribution in [2.75, 3.05) is 20.2 Å². The zero-order valence-electron chi connectivity index (χ0n) is 15.4. The number of aromatic nitrogens is 1. The number of hydrogen-bond donors (Lipinski definition) is 1. The molecule has 1 amide bonds. The summed E-state index contributed by atoms with van der Waals surface area (Å²) in [5, 5.41) is 1.96. The molecule has 2 aromatic carbocycles. The van der Waals surface area contributed by atoms with Gasteiger partial charge in [0.25, 0.3) is 0 Å². The van der Waals surface area contributed by atoms with Crippen LogP contribution in [0.3, 0.4) is 0 Å². The number of methoxy groups -OCH3 is 1. The van der Waals surface area contributed by atoms with Crippen LogP contribution in [0.15, 0.2) is 48.7 Å². The molecule has 0 bridgehead atoms. The standard InChI is InChI=1S/C22H23ClN2O2/c1-27-18-5-2-15(3-6-18)12-22(26)25-10-8-16(9-11-25)20-14-24-21-7-4-17(23)13-19(20)21/h2-7,13-14,16,24H,8-12H2,1H3. The third kappa shape index (κ3) is 3.81. The molecule has 1 N–H and O–H groups in total. The van der Waals surface area contributed by atoms with Crippen LogP contribution in [0, 0.1) is 0 Å². The molecule has 27 heavy (non-hydrogen) atoms. The van der Waals surface area contributed by atoms with Gasteiger partial charge in [0.1, 0.15) is 5.75 Å². The van der Waals surface area contributed by atoms with Crippen molar-refractivity contribution in [3.05, 3.63) is 64.8 Å². The Labute approximate surface area is 164 Å². The van der Waals surface area contributed by atoms with Gasteiger partial charge in [0.15, 0.2) is 0 Å². The van der Waals surface area contributed by atoms with Crippen molar-refractivity contribution < 1.29 is 9.53 Å². The molecule has 0 atom stereocenters. The number of amides is 1. The Morgan fingerprint density at radius 3 is 2.63 bits per heavy atom. The third-order valence-corrected chi connectivity index (χ3v) is 5.71. The Morgan fingerprint density at radius 2 is 1.93 bits per heavy atom. The molecule has 140 valence electrons. The monoisotopic (exact) mass is 382 g/mol. The van der Waals surface area contributed by atoms with Crippen LogP contribution in [0.4, 0.5) is 0 Å². The number of H-pyrrole nitrogens is 1. The number of carbonyl (C=O) groups is 1. The molecular formula is C22H23ClN2O2. The van der Waals surface area contributed by atoms with Gasteiger partial charge in [0.05, 0.1) is 13.5 Å². The molecule has 1 saturated heterocycles. The molecule has 4 rings (SSSR count). The minimum atomic E-state index is 0.195. The largest absolute Gasteiger partial charge is 0.497 e. The molecule has 4 nitrogen and oxygen atoms in total. The maximum absolute atomic E-state index is 12.6. The second kappa shape index (κ2) is 7.65. The second-order valence-corrected chi connectivity index (χ2v) is 7.55. The first kappa shape index (κ1) is 17.9. The molecule has 0 unspecified atom stereocenters. The van der Waals surface area contributed by atoms with Crippen LogP contribution in [-0.4, -0.2) is 36.0 Å². The number of nitrogens with zero attached hydrogens (tertiary/aromatic N) is 1. The van der Waals surface area contributed by atoms with Crippen molar-refractivity contribution >= 4 is 28.4 Å². The fraction of sp³-hybridized carbons (Fsp3) is 0.318. The van der Waals surface area contributed by atoms with E-state index in [0.29, 0.717) is 12.3 Å². The van der Waals surface area contributed by atoms with E-state index in [2.05, 4.69) is 11.2 Å². The summed E-state index contributed by atoms with van der Waals surface area (Å²) in [4.78, 5) is 18.0. The van der Waals surface area contributed by atoms with E-state index < -0.39 is 0 Å². The molecule has 1 aliphatic heterocycles. The van der Waals surface area contributed by atoms with Gasteiger partial charge >= 0.3 is 0 Å². The minimum absolute atomic E-state index is 0.195. The molecule has 5 heteroatoms. The van der Waals surface area contributed by atoms with Crippen LogP contribution < -0.4 is 4.74 Å². The minimum Gasteiger partial charge on any atom is -0.497 e. The topological polar surface area (TPSA) is 45.3 Å². The van der Waals surface area contributed by atoms with Gasteiger partial charge in [-0.2, -0.15) is 0 Å². The van der Waals surface area contributed by atoms with Crippen molar-refractivity contribution in [2.45, 2.75) is 25.2 Å². The van der Waals surface area contributed by atoms with E-state index in [1.807, 2.05) is 47.4 Å². The summed E-state index contributed by atoms with van der Waals surface area (Å²) in [7, 11) is 1.64. The number of hydrogen-bond acceptors (Lipinski definition) is 2. The predicted octanol–water partition coefficient (Wildman–Crippen LogP) is 4.78. The number of halogens is 1. The van der Waals surface area contributed by atoms with Gasteiger partial charge in [-0.15, -0.1) is 0 Å². The fourth-order valence-electron chi connectivity index (χ4n) is 3.92. The van der Waals surface area contributed by atoms with Gasteiger partial charge in [-0.1, -0.05) is 23.7 Å². The van der Waals surface area contributed by atoms with Gasteiger partial charge in [0, 0.05) is 35.2 Å². The van der Waals surface area contributed by atoms with Gasteiger partial charge in [-0.25, -0.2) is 0 Å². The highest BCUT2D eigenvalue weighted by atomic mass is 35.5. The van der Waals surface area contributed by atoms with Crippen LogP contribution in [0.25, 0.3) is 10.9 Å². The summed E-state index contributed by atoms with van der Waals surface area (Å²) in [6, 6.07) is 13.7. The summed E-state index contributed by atoms with van der Waals surface area (Å²) < 4.78 is 5.17. The molecule has 1 aliphatic rings. The second-order valence-electron chi connectivity index (χ2n) is 7.11. The van der Waals surface area contributed by atoms with E-state index in [0.717, 1.165) is 47.8 Å². The van der Waals surface area contributed by atoms with Crippen LogP contribution in [0.5, 0.6) is 5.75 Å². The summed E-state index contributed by atoms with van der Waals surface area (Å²) >= 11 is 6.17. The van der Waals surface area contributed by atoms with Gasteiger partial charge in [-0.05, 0) is 60.2 Å². The maximum Gasteiger partial charge on any atom is 0.226 e. The summed E-state index contributed by atoms with van der Waals surface area (Å²) in [6.07, 6.45) is 4.50. The van der Waals surface area contributed by atoms with Gasteiger partial charge in [0.2, 0.25) is 5.91 Å². The van der Waals surface area contributed by atoms with E-state index in [4.69, 9.17) is 16.3 Å². The average Bonchev–Trinajstić information content (AvgIpc) is 3.11. The Hall–Kier alpha value is -2.46. The third-order valence-electron chi connectivity index (χ3n) is 5.48. The molecule has 0 radical (unpaired) electrons. The van der Waals surface area contributed by atoms with E-state index in [1.54, 1.807) is 7.11 Å². The highest BCUT2D eigenvalue weighted by Crippen LogP contribution is 2.34. The number of likely N-dealkylation sites (tertiary alicyclic amines) is 1. The van der Waals surface area contributed by atoms with Gasteiger partial charge < -0.3 is 14.6 Å². The van der Waals surface area contributed by atoms with Crippen molar-refractivity contribution in [3.63, 3.8) is 0 Å². The summed E-state index contributed by atoms with van der Waals surface area (Å²) in [5.41, 5.74) is 3.45. The normalized spacial score (nSPS) is 15.3. The lowest BCUT2D eigenvalue weighted by molar-refractivity contribution is -0.131. The molecule has 1 aromatic heterocycles. The van der Waals surface area contributed by atoms with Crippen LogP contribution in [0.2, 0.25) is 5.02 Å². The lowest BCUT2D eigenvalue weighted by Gasteiger charge is -2.32. The number of carbonyl (C=O) groups excluding carboxylic acids is 1. The van der Waals surface area contributed by atoms with Crippen LogP contribution in [-0.2, 0) is 11.2 Å². The number of aromatic amines is 1. The number of piperidine rings is 1. The number of fused-ring (bicyclic) bond motifs is 1. The lowest BCUT2D eigenvalue weighted by atomic mass is 9.89. The molecule has 0 aliphatic carbocycles. The predicted molar refractivity (Wildman–Crippen MR) is 109 cm³/mol. The summed E-state index contributed by atoms with van der Waals surface area (Å²) in [6.45, 7) is 1.60. The molecule has 3 aromatic rings. The average molecular weight is 383 g/mol. The fourth-order valence-corrected chi connectivity index (χ4v) is 4.09. The highest BCUT2D eigenvalue weighted by Gasteiger charge is 2.25. The van der Waals surface area contributed by atoms with E-state index in [-0.39, 0.29) is 5.91 Å². The smallest absolute Gasteiger partial charge is 0.226 e.